The fourth-order valence-corrected chi connectivity index (χ4v) is 6.04. The summed E-state index contributed by atoms with van der Waals surface area (Å²) in [7, 11) is -3.76. The fourth-order valence-electron chi connectivity index (χ4n) is 4.51. The van der Waals surface area contributed by atoms with Crippen molar-refractivity contribution in [3.05, 3.63) is 138 Å². The Morgan fingerprint density at radius 3 is 1.76 bits per heavy atom. The molecular formula is C29H25NO2S. The summed E-state index contributed by atoms with van der Waals surface area (Å²) in [5.74, 6) is -0.0796. The van der Waals surface area contributed by atoms with Crippen molar-refractivity contribution >= 4 is 21.3 Å². The maximum Gasteiger partial charge on any atom is 0.264 e. The molecule has 5 rings (SSSR count). The van der Waals surface area contributed by atoms with E-state index in [0.29, 0.717) is 11.4 Å². The monoisotopic (exact) mass is 451 g/mol. The van der Waals surface area contributed by atoms with Gasteiger partial charge in [0.05, 0.1) is 10.6 Å². The van der Waals surface area contributed by atoms with Gasteiger partial charge in [0.2, 0.25) is 0 Å². The molecule has 4 aromatic rings. The maximum absolute atomic E-state index is 14.0. The van der Waals surface area contributed by atoms with Crippen molar-refractivity contribution in [1.29, 1.82) is 0 Å². The number of hydrogen-bond donors (Lipinski definition) is 0. The van der Waals surface area contributed by atoms with Crippen LogP contribution in [0.4, 0.5) is 0 Å². The largest absolute Gasteiger partial charge is 0.264 e. The Kier molecular flexibility index (Phi) is 5.61. The van der Waals surface area contributed by atoms with Gasteiger partial charge < -0.3 is 0 Å². The van der Waals surface area contributed by atoms with Crippen LogP contribution in [0.15, 0.2) is 120 Å². The number of aryl methyl sites for hydroxylation is 1. The van der Waals surface area contributed by atoms with E-state index >= 15 is 0 Å². The average molecular weight is 452 g/mol. The van der Waals surface area contributed by atoms with Crippen molar-refractivity contribution in [1.82, 2.24) is 4.31 Å². The molecule has 1 atom stereocenters. The van der Waals surface area contributed by atoms with Gasteiger partial charge in [-0.15, -0.1) is 0 Å². The van der Waals surface area contributed by atoms with E-state index in [1.165, 1.54) is 0 Å². The molecule has 0 bridgehead atoms. The smallest absolute Gasteiger partial charge is 0.264 e. The molecule has 1 aliphatic rings. The van der Waals surface area contributed by atoms with Crippen molar-refractivity contribution in [2.45, 2.75) is 17.7 Å². The molecule has 0 aliphatic carbocycles. The SMILES string of the molecule is Cc1ccc(S(=O)(=O)N2CC(c3ccccc3)C(c3ccccc3)=C2c2ccccc2)cc1. The Balaban J connectivity index is 1.78. The molecule has 3 nitrogen and oxygen atoms in total. The number of rotatable bonds is 5. The molecule has 33 heavy (non-hydrogen) atoms. The molecule has 164 valence electrons. The van der Waals surface area contributed by atoms with Gasteiger partial charge in [-0.3, -0.25) is 4.31 Å². The summed E-state index contributed by atoms with van der Waals surface area (Å²) in [4.78, 5) is 0.308. The quantitative estimate of drug-likeness (QED) is 0.354. The van der Waals surface area contributed by atoms with E-state index in [-0.39, 0.29) is 5.92 Å². The predicted molar refractivity (Wildman–Crippen MR) is 134 cm³/mol. The Labute approximate surface area is 195 Å². The summed E-state index contributed by atoms with van der Waals surface area (Å²) >= 11 is 0. The van der Waals surface area contributed by atoms with Gasteiger partial charge in [0, 0.05) is 12.5 Å². The zero-order valence-corrected chi connectivity index (χ0v) is 19.2. The van der Waals surface area contributed by atoms with Crippen LogP contribution in [0.25, 0.3) is 11.3 Å². The van der Waals surface area contributed by atoms with Crippen molar-refractivity contribution in [2.24, 2.45) is 0 Å². The number of sulfonamides is 1. The zero-order chi connectivity index (χ0) is 22.8. The second-order valence-electron chi connectivity index (χ2n) is 8.31. The summed E-state index contributed by atoms with van der Waals surface area (Å²) in [6.45, 7) is 2.31. The standard InChI is InChI=1S/C29H25NO2S/c1-22-17-19-26(20-18-22)33(31,32)30-21-27(23-11-5-2-6-12-23)28(24-13-7-3-8-14-24)29(30)25-15-9-4-10-16-25/h2-20,27H,21H2,1H3. The van der Waals surface area contributed by atoms with Crippen LogP contribution in [0.2, 0.25) is 0 Å². The highest BCUT2D eigenvalue weighted by Gasteiger charge is 2.40. The summed E-state index contributed by atoms with van der Waals surface area (Å²) in [5, 5.41) is 0. The Morgan fingerprint density at radius 2 is 1.18 bits per heavy atom. The topological polar surface area (TPSA) is 37.4 Å². The third kappa shape index (κ3) is 3.98. The minimum Gasteiger partial charge on any atom is -0.264 e. The number of benzene rings is 4. The van der Waals surface area contributed by atoms with E-state index in [4.69, 9.17) is 0 Å². The van der Waals surface area contributed by atoms with Crippen molar-refractivity contribution in [3.8, 4) is 0 Å². The highest BCUT2D eigenvalue weighted by atomic mass is 32.2. The molecule has 0 radical (unpaired) electrons. The van der Waals surface area contributed by atoms with E-state index in [1.54, 1.807) is 16.4 Å². The molecule has 1 aliphatic heterocycles. The lowest BCUT2D eigenvalue weighted by molar-refractivity contribution is 0.515. The first kappa shape index (κ1) is 21.2. The van der Waals surface area contributed by atoms with Gasteiger partial charge in [0.1, 0.15) is 0 Å². The molecule has 0 saturated carbocycles. The average Bonchev–Trinajstić information content (AvgIpc) is 3.28. The van der Waals surface area contributed by atoms with Crippen LogP contribution in [0.3, 0.4) is 0 Å². The summed E-state index contributed by atoms with van der Waals surface area (Å²) in [6, 6.07) is 37.2. The fraction of sp³-hybridized carbons (Fsp3) is 0.103. The lowest BCUT2D eigenvalue weighted by Crippen LogP contribution is -2.28. The second kappa shape index (κ2) is 8.72. The van der Waals surface area contributed by atoms with Crippen LogP contribution in [0.1, 0.15) is 28.2 Å². The van der Waals surface area contributed by atoms with E-state index in [9.17, 15) is 8.42 Å². The van der Waals surface area contributed by atoms with Crippen molar-refractivity contribution < 1.29 is 8.42 Å². The van der Waals surface area contributed by atoms with Crippen LogP contribution in [-0.4, -0.2) is 19.3 Å². The van der Waals surface area contributed by atoms with Crippen LogP contribution < -0.4 is 0 Å². The van der Waals surface area contributed by atoms with Gasteiger partial charge in [-0.2, -0.15) is 0 Å². The molecule has 1 unspecified atom stereocenters. The first-order valence-electron chi connectivity index (χ1n) is 11.0. The normalized spacial score (nSPS) is 16.3. The molecule has 4 heteroatoms. The molecule has 0 N–H and O–H groups in total. The van der Waals surface area contributed by atoms with E-state index in [0.717, 1.165) is 33.5 Å². The zero-order valence-electron chi connectivity index (χ0n) is 18.4. The second-order valence-corrected chi connectivity index (χ2v) is 10.2. The molecular weight excluding hydrogens is 426 g/mol. The summed E-state index contributed by atoms with van der Waals surface area (Å²) in [5.41, 5.74) is 5.84. The Hall–Kier alpha value is -3.63. The number of nitrogens with zero attached hydrogens (tertiary/aromatic N) is 1. The molecule has 4 aromatic carbocycles. The Bertz CT molecular complexity index is 1380. The first-order chi connectivity index (χ1) is 16.1. The van der Waals surface area contributed by atoms with Crippen molar-refractivity contribution in [3.63, 3.8) is 0 Å². The van der Waals surface area contributed by atoms with Crippen LogP contribution in [-0.2, 0) is 10.0 Å². The lowest BCUT2D eigenvalue weighted by atomic mass is 9.87. The van der Waals surface area contributed by atoms with Crippen LogP contribution in [0, 0.1) is 6.92 Å². The van der Waals surface area contributed by atoms with Gasteiger partial charge in [-0.1, -0.05) is 109 Å². The molecule has 0 spiro atoms. The predicted octanol–water partition coefficient (Wildman–Crippen LogP) is 6.35. The van der Waals surface area contributed by atoms with E-state index in [1.807, 2.05) is 85.8 Å². The third-order valence-corrected chi connectivity index (χ3v) is 7.92. The molecule has 1 heterocycles. The molecule has 0 saturated heterocycles. The molecule has 0 aromatic heterocycles. The summed E-state index contributed by atoms with van der Waals surface area (Å²) in [6.07, 6.45) is 0. The van der Waals surface area contributed by atoms with Crippen LogP contribution >= 0.6 is 0 Å². The van der Waals surface area contributed by atoms with Gasteiger partial charge in [0.15, 0.2) is 0 Å². The lowest BCUT2D eigenvalue weighted by Gasteiger charge is -2.23. The summed E-state index contributed by atoms with van der Waals surface area (Å²) < 4.78 is 29.6. The van der Waals surface area contributed by atoms with Gasteiger partial charge in [-0.05, 0) is 41.3 Å². The third-order valence-electron chi connectivity index (χ3n) is 6.14. The molecule has 0 fully saturated rings. The highest BCUT2D eigenvalue weighted by Crippen LogP contribution is 2.48. The first-order valence-corrected chi connectivity index (χ1v) is 12.5. The van der Waals surface area contributed by atoms with E-state index in [2.05, 4.69) is 24.3 Å². The Morgan fingerprint density at radius 1 is 0.667 bits per heavy atom. The van der Waals surface area contributed by atoms with Crippen molar-refractivity contribution in [2.75, 3.05) is 6.54 Å². The van der Waals surface area contributed by atoms with Gasteiger partial charge in [-0.25, -0.2) is 8.42 Å². The van der Waals surface area contributed by atoms with Crippen LogP contribution in [0.5, 0.6) is 0 Å². The minimum absolute atomic E-state index is 0.0796. The van der Waals surface area contributed by atoms with Gasteiger partial charge >= 0.3 is 0 Å². The maximum atomic E-state index is 14.0. The van der Waals surface area contributed by atoms with E-state index < -0.39 is 10.0 Å². The molecule has 0 amide bonds. The van der Waals surface area contributed by atoms with Gasteiger partial charge in [0.25, 0.3) is 10.0 Å². The minimum atomic E-state index is -3.76. The number of hydrogen-bond acceptors (Lipinski definition) is 2. The highest BCUT2D eigenvalue weighted by molar-refractivity contribution is 7.89.